The molecule has 0 aliphatic carbocycles. The van der Waals surface area contributed by atoms with Gasteiger partial charge in [0.15, 0.2) is 6.29 Å². The molecular weight excluding hydrogens is 690 g/mol. The third kappa shape index (κ3) is 23.0. The quantitative estimate of drug-likeness (QED) is 0.0269. The van der Waals surface area contributed by atoms with E-state index in [1.165, 1.54) is 102 Å². The van der Waals surface area contributed by atoms with E-state index in [0.717, 1.165) is 44.1 Å². The zero-order valence-corrected chi connectivity index (χ0v) is 34.0. The van der Waals surface area contributed by atoms with Crippen LogP contribution in [0.4, 0.5) is 0 Å². The van der Waals surface area contributed by atoms with E-state index in [0.29, 0.717) is 19.3 Å². The number of hydrogen-bond donors (Lipinski definition) is 8. The van der Waals surface area contributed by atoms with Crippen molar-refractivity contribution in [2.75, 3.05) is 13.2 Å². The lowest BCUT2D eigenvalue weighted by Gasteiger charge is -2.40. The average Bonchev–Trinajstić information content (AvgIpc) is 3.17. The summed E-state index contributed by atoms with van der Waals surface area (Å²) >= 11 is 0. The summed E-state index contributed by atoms with van der Waals surface area (Å²) in [5.74, 6) is -0.670. The van der Waals surface area contributed by atoms with Gasteiger partial charge >= 0.3 is 0 Å². The Labute approximate surface area is 327 Å². The van der Waals surface area contributed by atoms with Crippen molar-refractivity contribution in [3.8, 4) is 0 Å². The molecule has 0 spiro atoms. The number of amides is 1. The third-order valence-corrected chi connectivity index (χ3v) is 10.7. The van der Waals surface area contributed by atoms with E-state index >= 15 is 0 Å². The molecule has 11 heteroatoms. The Balaban J connectivity index is 2.56. The molecule has 0 bridgehead atoms. The minimum atomic E-state index is -1.65. The van der Waals surface area contributed by atoms with Gasteiger partial charge in [0, 0.05) is 0 Å². The van der Waals surface area contributed by atoms with Gasteiger partial charge in [-0.1, -0.05) is 161 Å². The summed E-state index contributed by atoms with van der Waals surface area (Å²) in [5, 5.41) is 75.1. The molecule has 1 aliphatic heterocycles. The molecule has 1 rings (SSSR count). The number of unbranched alkanes of at least 4 members (excludes halogenated alkanes) is 19. The summed E-state index contributed by atoms with van der Waals surface area (Å²) < 4.78 is 11.1. The fourth-order valence-electron chi connectivity index (χ4n) is 6.88. The minimum Gasteiger partial charge on any atom is -0.394 e. The van der Waals surface area contributed by atoms with Crippen LogP contribution in [0.2, 0.25) is 0 Å². The summed E-state index contributed by atoms with van der Waals surface area (Å²) in [6.45, 7) is 7.50. The molecule has 6 unspecified atom stereocenters. The van der Waals surface area contributed by atoms with E-state index in [2.05, 4.69) is 25.7 Å². The maximum Gasteiger partial charge on any atom is 0.249 e. The van der Waals surface area contributed by atoms with Crippen LogP contribution >= 0.6 is 0 Å². The van der Waals surface area contributed by atoms with E-state index in [9.17, 15) is 40.5 Å². The van der Waals surface area contributed by atoms with Crippen LogP contribution in [0.1, 0.15) is 174 Å². The first kappa shape index (κ1) is 50.6. The predicted molar refractivity (Wildman–Crippen MR) is 215 cm³/mol. The Bertz CT molecular complexity index is 949. The van der Waals surface area contributed by atoms with Crippen LogP contribution in [0.25, 0.3) is 0 Å². The molecule has 1 fully saturated rings. The number of allylic oxidation sites excluding steroid dienone is 1. The molecule has 0 aromatic rings. The van der Waals surface area contributed by atoms with E-state index < -0.39 is 67.6 Å². The van der Waals surface area contributed by atoms with Crippen LogP contribution in [0.3, 0.4) is 0 Å². The van der Waals surface area contributed by atoms with E-state index in [1.54, 1.807) is 6.08 Å². The zero-order chi connectivity index (χ0) is 40.0. The number of ether oxygens (including phenoxy) is 2. The first-order valence-corrected chi connectivity index (χ1v) is 21.7. The Hall–Kier alpha value is -1.41. The normalized spacial score (nSPS) is 22.6. The third-order valence-electron chi connectivity index (χ3n) is 10.7. The molecule has 54 heavy (non-hydrogen) atoms. The number of aliphatic hydroxyl groups is 7. The van der Waals surface area contributed by atoms with Gasteiger partial charge in [0.25, 0.3) is 0 Å². The minimum absolute atomic E-state index is 0.275. The molecule has 0 aromatic heterocycles. The first-order chi connectivity index (χ1) is 26.1. The average molecular weight is 772 g/mol. The van der Waals surface area contributed by atoms with Gasteiger partial charge in [0.1, 0.15) is 30.5 Å². The van der Waals surface area contributed by atoms with Crippen LogP contribution in [0.5, 0.6) is 0 Å². The highest BCUT2D eigenvalue weighted by atomic mass is 16.7. The molecule has 318 valence electrons. The first-order valence-electron chi connectivity index (χ1n) is 21.7. The Kier molecular flexibility index (Phi) is 30.6. The van der Waals surface area contributed by atoms with Crippen LogP contribution in [0.15, 0.2) is 24.3 Å². The number of rotatable bonds is 35. The lowest BCUT2D eigenvalue weighted by atomic mass is 9.99. The number of aliphatic hydroxyl groups excluding tert-OH is 7. The van der Waals surface area contributed by atoms with Gasteiger partial charge in [-0.05, 0) is 37.7 Å². The lowest BCUT2D eigenvalue weighted by Crippen LogP contribution is -2.60. The molecular formula is C43H81NO10. The smallest absolute Gasteiger partial charge is 0.249 e. The highest BCUT2D eigenvalue weighted by Gasteiger charge is 2.44. The van der Waals surface area contributed by atoms with Crippen molar-refractivity contribution in [2.24, 2.45) is 0 Å². The van der Waals surface area contributed by atoms with Crippen LogP contribution in [0, 0.1) is 0 Å². The molecule has 0 aromatic carbocycles. The monoisotopic (exact) mass is 772 g/mol. The largest absolute Gasteiger partial charge is 0.394 e. The van der Waals surface area contributed by atoms with Gasteiger partial charge in [-0.3, -0.25) is 4.79 Å². The molecule has 8 N–H and O–H groups in total. The summed E-state index contributed by atoms with van der Waals surface area (Å²) in [5.41, 5.74) is 0.795. The van der Waals surface area contributed by atoms with Gasteiger partial charge in [-0.15, -0.1) is 0 Å². The van der Waals surface area contributed by atoms with E-state index in [-0.39, 0.29) is 13.0 Å². The van der Waals surface area contributed by atoms with Gasteiger partial charge in [-0.25, -0.2) is 0 Å². The summed E-state index contributed by atoms with van der Waals surface area (Å²) in [7, 11) is 0. The van der Waals surface area contributed by atoms with Crippen molar-refractivity contribution in [1.29, 1.82) is 0 Å². The van der Waals surface area contributed by atoms with Crippen LogP contribution < -0.4 is 5.32 Å². The van der Waals surface area contributed by atoms with Crippen molar-refractivity contribution < 1.29 is 50.0 Å². The summed E-state index contributed by atoms with van der Waals surface area (Å²) in [6.07, 6.45) is 19.6. The lowest BCUT2D eigenvalue weighted by molar-refractivity contribution is -0.302. The maximum atomic E-state index is 13.0. The van der Waals surface area contributed by atoms with Crippen molar-refractivity contribution in [2.45, 2.75) is 229 Å². The molecule has 1 aliphatic rings. The van der Waals surface area contributed by atoms with E-state index in [1.807, 2.05) is 0 Å². The second kappa shape index (κ2) is 32.7. The predicted octanol–water partition coefficient (Wildman–Crippen LogP) is 6.28. The van der Waals surface area contributed by atoms with Gasteiger partial charge in [-0.2, -0.15) is 0 Å². The SMILES string of the molecule is C=C(CCCCCCCCC)C(O)CC/C=C/[C@@H](O)[C@H](COC1OC(CO)C(O)C(O)C1O)NC(=O)[C@H](O)CCCCCCCCCCCCCCCC. The molecule has 0 radical (unpaired) electrons. The summed E-state index contributed by atoms with van der Waals surface area (Å²) in [6, 6.07) is -1.07. The van der Waals surface area contributed by atoms with Gasteiger partial charge < -0.3 is 50.5 Å². The van der Waals surface area contributed by atoms with Crippen molar-refractivity contribution in [3.63, 3.8) is 0 Å². The molecule has 1 saturated heterocycles. The Morgan fingerprint density at radius 1 is 0.704 bits per heavy atom. The topological polar surface area (TPSA) is 189 Å². The fourth-order valence-corrected chi connectivity index (χ4v) is 6.88. The Morgan fingerprint density at radius 3 is 1.72 bits per heavy atom. The van der Waals surface area contributed by atoms with Crippen molar-refractivity contribution in [3.05, 3.63) is 24.3 Å². The zero-order valence-electron chi connectivity index (χ0n) is 34.0. The number of carbonyl (C=O) groups excluding carboxylic acids is 1. The molecule has 1 amide bonds. The van der Waals surface area contributed by atoms with Gasteiger partial charge in [0.05, 0.1) is 31.5 Å². The van der Waals surface area contributed by atoms with Crippen molar-refractivity contribution >= 4 is 5.91 Å². The maximum absolute atomic E-state index is 13.0. The molecule has 11 nitrogen and oxygen atoms in total. The standard InChI is InChI=1S/C43H81NO10/c1-4-6-8-10-12-13-14-15-16-17-18-20-22-24-30-37(48)42(52)44-34(32-53-43-41(51)40(50)39(49)38(31-45)54-43)36(47)29-26-25-28-35(46)33(3)27-23-21-19-11-9-7-5-2/h26,29,34-41,43,45-51H,3-25,27-28,30-32H2,1-2H3,(H,44,52)/b29-26+/t34-,35?,36+,37+,38?,39?,40?,41?,43?/m0/s1. The highest BCUT2D eigenvalue weighted by Crippen LogP contribution is 2.23. The summed E-state index contributed by atoms with van der Waals surface area (Å²) in [4.78, 5) is 13.0. The van der Waals surface area contributed by atoms with Crippen LogP contribution in [-0.4, -0.2) is 110 Å². The molecule has 0 saturated carbocycles. The second-order valence-electron chi connectivity index (χ2n) is 15.6. The van der Waals surface area contributed by atoms with Crippen LogP contribution in [-0.2, 0) is 14.3 Å². The van der Waals surface area contributed by atoms with Gasteiger partial charge in [0.2, 0.25) is 5.91 Å². The highest BCUT2D eigenvalue weighted by molar-refractivity contribution is 5.80. The van der Waals surface area contributed by atoms with E-state index in [4.69, 9.17) is 9.47 Å². The molecule has 1 heterocycles. The number of carbonyl (C=O) groups is 1. The fraction of sp³-hybridized carbons (Fsp3) is 0.884. The number of hydrogen-bond acceptors (Lipinski definition) is 10. The Morgan fingerprint density at radius 2 is 1.20 bits per heavy atom. The molecule has 9 atom stereocenters. The second-order valence-corrected chi connectivity index (χ2v) is 15.6. The van der Waals surface area contributed by atoms with Crippen molar-refractivity contribution in [1.82, 2.24) is 5.32 Å². The number of nitrogens with one attached hydrogen (secondary N) is 1.